The number of benzene rings is 1. The molecule has 2 atom stereocenters. The topological polar surface area (TPSA) is 89.3 Å². The summed E-state index contributed by atoms with van der Waals surface area (Å²) in [6, 6.07) is 4.33. The van der Waals surface area contributed by atoms with Crippen LogP contribution in [0.15, 0.2) is 23.1 Å². The number of carbonyl (C=O) groups is 1. The van der Waals surface area contributed by atoms with E-state index < -0.39 is 9.84 Å². The van der Waals surface area contributed by atoms with Crippen molar-refractivity contribution < 1.29 is 13.2 Å². The molecule has 1 aliphatic rings. The molecule has 5 nitrogen and oxygen atoms in total. The van der Waals surface area contributed by atoms with Crippen LogP contribution in [0.25, 0.3) is 0 Å². The van der Waals surface area contributed by atoms with E-state index in [2.05, 4.69) is 5.32 Å². The standard InChI is InChI=1S/C14H19ClN2O3S/c1-21(19,20)11-5-6-12(15)13(8-11)17-14(18)9-3-2-4-10(16)7-9/h5-6,8-10H,2-4,7,16H2,1H3,(H,17,18). The van der Waals surface area contributed by atoms with Crippen LogP contribution >= 0.6 is 11.6 Å². The van der Waals surface area contributed by atoms with Gasteiger partial charge in [0.2, 0.25) is 5.91 Å². The first-order chi connectivity index (χ1) is 9.77. The van der Waals surface area contributed by atoms with Crippen LogP contribution in [0.5, 0.6) is 0 Å². The monoisotopic (exact) mass is 330 g/mol. The molecule has 0 spiro atoms. The van der Waals surface area contributed by atoms with Crippen LogP contribution in [0.1, 0.15) is 25.7 Å². The van der Waals surface area contributed by atoms with Gasteiger partial charge in [0.15, 0.2) is 9.84 Å². The maximum absolute atomic E-state index is 12.3. The van der Waals surface area contributed by atoms with Crippen molar-refractivity contribution in [1.82, 2.24) is 0 Å². The summed E-state index contributed by atoms with van der Waals surface area (Å²) in [5.41, 5.74) is 6.20. The highest BCUT2D eigenvalue weighted by molar-refractivity contribution is 7.90. The summed E-state index contributed by atoms with van der Waals surface area (Å²) in [5, 5.41) is 3.04. The zero-order valence-corrected chi connectivity index (χ0v) is 13.4. The molecular weight excluding hydrogens is 312 g/mol. The zero-order chi connectivity index (χ0) is 15.6. The maximum Gasteiger partial charge on any atom is 0.227 e. The lowest BCUT2D eigenvalue weighted by molar-refractivity contribution is -0.120. The van der Waals surface area contributed by atoms with Crippen molar-refractivity contribution in [2.45, 2.75) is 36.6 Å². The third kappa shape index (κ3) is 4.18. The smallest absolute Gasteiger partial charge is 0.227 e. The van der Waals surface area contributed by atoms with E-state index in [4.69, 9.17) is 17.3 Å². The molecule has 1 fully saturated rings. The zero-order valence-electron chi connectivity index (χ0n) is 11.8. The molecule has 1 aromatic rings. The number of nitrogens with two attached hydrogens (primary N) is 1. The quantitative estimate of drug-likeness (QED) is 0.889. The van der Waals surface area contributed by atoms with Crippen molar-refractivity contribution in [3.8, 4) is 0 Å². The highest BCUT2D eigenvalue weighted by atomic mass is 35.5. The van der Waals surface area contributed by atoms with Crippen molar-refractivity contribution in [1.29, 1.82) is 0 Å². The fourth-order valence-electron chi connectivity index (χ4n) is 2.53. The Balaban J connectivity index is 2.17. The average molecular weight is 331 g/mol. The molecule has 1 saturated carbocycles. The number of carbonyl (C=O) groups excluding carboxylic acids is 1. The van der Waals surface area contributed by atoms with Crippen molar-refractivity contribution in [3.63, 3.8) is 0 Å². The Kier molecular flexibility index (Phi) is 4.91. The molecule has 0 aromatic heterocycles. The molecule has 0 aliphatic heterocycles. The molecule has 1 aromatic carbocycles. The van der Waals surface area contributed by atoms with Gasteiger partial charge in [-0.05, 0) is 37.5 Å². The summed E-state index contributed by atoms with van der Waals surface area (Å²) in [4.78, 5) is 12.4. The summed E-state index contributed by atoms with van der Waals surface area (Å²) < 4.78 is 23.1. The molecule has 0 radical (unpaired) electrons. The lowest BCUT2D eigenvalue weighted by atomic mass is 9.85. The van der Waals surface area contributed by atoms with Crippen LogP contribution in [0, 0.1) is 5.92 Å². The fraction of sp³-hybridized carbons (Fsp3) is 0.500. The van der Waals surface area contributed by atoms with Gasteiger partial charge in [-0.25, -0.2) is 8.42 Å². The first-order valence-electron chi connectivity index (χ1n) is 6.83. The number of halogens is 1. The van der Waals surface area contributed by atoms with Crippen LogP contribution in [-0.4, -0.2) is 26.6 Å². The Bertz CT molecular complexity index is 646. The second-order valence-corrected chi connectivity index (χ2v) is 7.95. The summed E-state index contributed by atoms with van der Waals surface area (Å²) >= 11 is 6.02. The molecule has 3 N–H and O–H groups in total. The van der Waals surface area contributed by atoms with Gasteiger partial charge in [-0.15, -0.1) is 0 Å². The van der Waals surface area contributed by atoms with Gasteiger partial charge >= 0.3 is 0 Å². The predicted molar refractivity (Wildman–Crippen MR) is 83.1 cm³/mol. The minimum Gasteiger partial charge on any atom is -0.328 e. The van der Waals surface area contributed by atoms with Crippen molar-refractivity contribution in [3.05, 3.63) is 23.2 Å². The third-order valence-electron chi connectivity index (χ3n) is 3.71. The Morgan fingerprint density at radius 2 is 2.10 bits per heavy atom. The van der Waals surface area contributed by atoms with E-state index in [1.807, 2.05) is 0 Å². The van der Waals surface area contributed by atoms with Gasteiger partial charge in [0.1, 0.15) is 0 Å². The van der Waals surface area contributed by atoms with Gasteiger partial charge in [0.25, 0.3) is 0 Å². The molecule has 21 heavy (non-hydrogen) atoms. The Labute approximate surface area is 129 Å². The molecule has 2 rings (SSSR count). The van der Waals surface area contributed by atoms with Gasteiger partial charge < -0.3 is 11.1 Å². The maximum atomic E-state index is 12.3. The average Bonchev–Trinajstić information content (AvgIpc) is 2.40. The number of anilines is 1. The van der Waals surface area contributed by atoms with Gasteiger partial charge in [-0.1, -0.05) is 18.0 Å². The van der Waals surface area contributed by atoms with Crippen LogP contribution in [0.2, 0.25) is 5.02 Å². The molecule has 0 saturated heterocycles. The Morgan fingerprint density at radius 1 is 1.38 bits per heavy atom. The molecule has 1 amide bonds. The highest BCUT2D eigenvalue weighted by Crippen LogP contribution is 2.28. The summed E-state index contributed by atoms with van der Waals surface area (Å²) in [6.45, 7) is 0. The molecule has 0 heterocycles. The van der Waals surface area contributed by atoms with E-state index in [-0.39, 0.29) is 22.8 Å². The van der Waals surface area contributed by atoms with Crippen molar-refractivity contribution in [2.24, 2.45) is 11.7 Å². The molecule has 7 heteroatoms. The van der Waals surface area contributed by atoms with Gasteiger partial charge in [-0.2, -0.15) is 0 Å². The number of amides is 1. The van der Waals surface area contributed by atoms with Crippen LogP contribution in [0.4, 0.5) is 5.69 Å². The summed E-state index contributed by atoms with van der Waals surface area (Å²) in [5.74, 6) is -0.301. The first-order valence-corrected chi connectivity index (χ1v) is 9.10. The largest absolute Gasteiger partial charge is 0.328 e. The van der Waals surface area contributed by atoms with Gasteiger partial charge in [0.05, 0.1) is 15.6 Å². The summed E-state index contributed by atoms with van der Waals surface area (Å²) in [7, 11) is -3.34. The minimum atomic E-state index is -3.34. The van der Waals surface area contributed by atoms with Gasteiger partial charge in [-0.3, -0.25) is 4.79 Å². The van der Waals surface area contributed by atoms with Crippen molar-refractivity contribution in [2.75, 3.05) is 11.6 Å². The Morgan fingerprint density at radius 3 is 2.71 bits per heavy atom. The Hall–Kier alpha value is -1.11. The van der Waals surface area contributed by atoms with Crippen LogP contribution < -0.4 is 11.1 Å². The lowest BCUT2D eigenvalue weighted by Crippen LogP contribution is -2.34. The normalized spacial score (nSPS) is 22.8. The molecule has 0 bridgehead atoms. The van der Waals surface area contributed by atoms with Crippen LogP contribution in [-0.2, 0) is 14.6 Å². The number of nitrogens with one attached hydrogen (secondary N) is 1. The van der Waals surface area contributed by atoms with E-state index in [1.54, 1.807) is 0 Å². The molecule has 116 valence electrons. The van der Waals surface area contributed by atoms with E-state index >= 15 is 0 Å². The second-order valence-electron chi connectivity index (χ2n) is 5.53. The van der Waals surface area contributed by atoms with E-state index in [9.17, 15) is 13.2 Å². The molecule has 1 aliphatic carbocycles. The fourth-order valence-corrected chi connectivity index (χ4v) is 3.34. The SMILES string of the molecule is CS(=O)(=O)c1ccc(Cl)c(NC(=O)C2CCCC(N)C2)c1. The molecular formula is C14H19ClN2O3S. The second kappa shape index (κ2) is 6.34. The third-order valence-corrected chi connectivity index (χ3v) is 5.15. The van der Waals surface area contributed by atoms with E-state index in [0.29, 0.717) is 17.1 Å². The number of hydrogen-bond acceptors (Lipinski definition) is 4. The minimum absolute atomic E-state index is 0.0484. The highest BCUT2D eigenvalue weighted by Gasteiger charge is 2.26. The first kappa shape index (κ1) is 16.3. The van der Waals surface area contributed by atoms with Crippen molar-refractivity contribution >= 4 is 33.0 Å². The van der Waals surface area contributed by atoms with E-state index in [0.717, 1.165) is 25.5 Å². The number of sulfone groups is 1. The van der Waals surface area contributed by atoms with Gasteiger partial charge in [0, 0.05) is 18.2 Å². The number of rotatable bonds is 3. The van der Waals surface area contributed by atoms with Crippen LogP contribution in [0.3, 0.4) is 0 Å². The molecule has 2 unspecified atom stereocenters. The van der Waals surface area contributed by atoms with E-state index in [1.165, 1.54) is 18.2 Å². The predicted octanol–water partition coefficient (Wildman–Crippen LogP) is 2.20. The number of hydrogen-bond donors (Lipinski definition) is 2. The lowest BCUT2D eigenvalue weighted by Gasteiger charge is -2.25. The summed E-state index contributed by atoms with van der Waals surface area (Å²) in [6.07, 6.45) is 4.42.